The first-order valence-corrected chi connectivity index (χ1v) is 9.63. The summed E-state index contributed by atoms with van der Waals surface area (Å²) in [6.07, 6.45) is 0.109. The number of hydrogen-bond acceptors (Lipinski definition) is 5. The fourth-order valence-electron chi connectivity index (χ4n) is 3.56. The van der Waals surface area contributed by atoms with Crippen molar-refractivity contribution in [3.05, 3.63) is 48.0 Å². The van der Waals surface area contributed by atoms with E-state index in [0.29, 0.717) is 17.0 Å². The van der Waals surface area contributed by atoms with E-state index in [2.05, 4.69) is 4.74 Å². The molecule has 166 valence electrons. The Morgan fingerprint density at radius 1 is 1.13 bits per heavy atom. The Balaban J connectivity index is 1.66. The van der Waals surface area contributed by atoms with Crippen LogP contribution in [0.5, 0.6) is 17.2 Å². The van der Waals surface area contributed by atoms with Gasteiger partial charge in [-0.1, -0.05) is 6.07 Å². The molecule has 9 heteroatoms. The van der Waals surface area contributed by atoms with Crippen LogP contribution in [0.15, 0.2) is 42.5 Å². The lowest BCUT2D eigenvalue weighted by Crippen LogP contribution is -2.34. The summed E-state index contributed by atoms with van der Waals surface area (Å²) in [4.78, 5) is 28.4. The van der Waals surface area contributed by atoms with Crippen molar-refractivity contribution in [2.45, 2.75) is 19.6 Å². The molecule has 2 aromatic rings. The van der Waals surface area contributed by atoms with Crippen LogP contribution in [0.3, 0.4) is 0 Å². The van der Waals surface area contributed by atoms with Gasteiger partial charge < -0.3 is 24.0 Å². The van der Waals surface area contributed by atoms with E-state index in [4.69, 9.17) is 9.47 Å². The molecular formula is C22H24F2N2O5. The summed E-state index contributed by atoms with van der Waals surface area (Å²) in [6, 6.07) is 11.7. The second kappa shape index (κ2) is 9.63. The Morgan fingerprint density at radius 2 is 1.84 bits per heavy atom. The minimum Gasteiger partial charge on any atom is -0.497 e. The molecular weight excluding hydrogens is 410 g/mol. The number of carbonyl (C=O) groups is 2. The normalized spacial score (nSPS) is 15.9. The Labute approximate surface area is 179 Å². The minimum absolute atomic E-state index is 0.0995. The van der Waals surface area contributed by atoms with Gasteiger partial charge >= 0.3 is 6.61 Å². The van der Waals surface area contributed by atoms with E-state index in [0.717, 1.165) is 0 Å². The Bertz CT molecular complexity index is 936. The molecule has 1 aliphatic heterocycles. The second-order valence-electron chi connectivity index (χ2n) is 7.16. The van der Waals surface area contributed by atoms with E-state index in [1.165, 1.54) is 24.1 Å². The van der Waals surface area contributed by atoms with Gasteiger partial charge in [-0.15, -0.1) is 0 Å². The average Bonchev–Trinajstić information content (AvgIpc) is 3.14. The summed E-state index contributed by atoms with van der Waals surface area (Å²) < 4.78 is 39.9. The number of nitrogens with zero attached hydrogens (tertiary/aromatic N) is 2. The van der Waals surface area contributed by atoms with Gasteiger partial charge in [0.05, 0.1) is 20.1 Å². The number of carbonyl (C=O) groups excluding carboxylic acids is 2. The molecule has 0 spiro atoms. The van der Waals surface area contributed by atoms with Gasteiger partial charge in [-0.2, -0.15) is 8.78 Å². The fraction of sp³-hybridized carbons (Fsp3) is 0.364. The van der Waals surface area contributed by atoms with Gasteiger partial charge in [-0.3, -0.25) is 9.59 Å². The zero-order valence-corrected chi connectivity index (χ0v) is 17.5. The Morgan fingerprint density at radius 3 is 2.45 bits per heavy atom. The first-order chi connectivity index (χ1) is 14.8. The van der Waals surface area contributed by atoms with Gasteiger partial charge in [-0.25, -0.2) is 0 Å². The maximum Gasteiger partial charge on any atom is 0.387 e. The topological polar surface area (TPSA) is 68.3 Å². The number of alkyl halides is 2. The molecule has 1 atom stereocenters. The van der Waals surface area contributed by atoms with Crippen molar-refractivity contribution in [3.8, 4) is 17.2 Å². The van der Waals surface area contributed by atoms with Crippen molar-refractivity contribution >= 4 is 17.5 Å². The van der Waals surface area contributed by atoms with E-state index in [1.54, 1.807) is 49.4 Å². The van der Waals surface area contributed by atoms with Crippen LogP contribution in [-0.2, 0) is 16.1 Å². The third-order valence-electron chi connectivity index (χ3n) is 5.10. The molecule has 7 nitrogen and oxygen atoms in total. The fourth-order valence-corrected chi connectivity index (χ4v) is 3.56. The van der Waals surface area contributed by atoms with Gasteiger partial charge in [0, 0.05) is 32.2 Å². The number of ether oxygens (including phenoxy) is 3. The molecule has 1 fully saturated rings. The zero-order valence-electron chi connectivity index (χ0n) is 17.5. The van der Waals surface area contributed by atoms with E-state index in [1.807, 2.05) is 0 Å². The lowest BCUT2D eigenvalue weighted by molar-refractivity contribution is -0.135. The van der Waals surface area contributed by atoms with Crippen molar-refractivity contribution in [2.75, 3.05) is 32.7 Å². The summed E-state index contributed by atoms with van der Waals surface area (Å²) in [5, 5.41) is 0. The molecule has 3 rings (SSSR count). The van der Waals surface area contributed by atoms with Gasteiger partial charge in [0.15, 0.2) is 11.5 Å². The van der Waals surface area contributed by atoms with Gasteiger partial charge in [0.25, 0.3) is 0 Å². The molecule has 0 saturated carbocycles. The molecule has 0 radical (unpaired) electrons. The molecule has 1 saturated heterocycles. The number of rotatable bonds is 8. The van der Waals surface area contributed by atoms with Crippen LogP contribution in [0.1, 0.15) is 12.0 Å². The predicted molar refractivity (Wildman–Crippen MR) is 110 cm³/mol. The minimum atomic E-state index is -2.99. The molecule has 2 aromatic carbocycles. The van der Waals surface area contributed by atoms with Crippen molar-refractivity contribution in [1.29, 1.82) is 0 Å². The molecule has 0 aromatic heterocycles. The highest BCUT2D eigenvalue weighted by Crippen LogP contribution is 2.31. The van der Waals surface area contributed by atoms with Crippen molar-refractivity contribution < 1.29 is 32.6 Å². The smallest absolute Gasteiger partial charge is 0.387 e. The lowest BCUT2D eigenvalue weighted by Gasteiger charge is -2.22. The molecule has 2 amide bonds. The lowest BCUT2D eigenvalue weighted by atomic mass is 10.1. The van der Waals surface area contributed by atoms with Crippen LogP contribution < -0.4 is 19.1 Å². The first-order valence-electron chi connectivity index (χ1n) is 9.63. The number of benzene rings is 2. The van der Waals surface area contributed by atoms with Crippen molar-refractivity contribution in [1.82, 2.24) is 4.90 Å². The largest absolute Gasteiger partial charge is 0.497 e. The standard InChI is InChI=1S/C22H24F2N2O5/c1-25(12-14-4-9-18(30-3)19(10-14)31-22(23)24)21(28)15-11-20(27)26(13-15)16-5-7-17(29-2)8-6-16/h4-10,15,22H,11-13H2,1-3H3. The van der Waals surface area contributed by atoms with Crippen LogP contribution in [0.2, 0.25) is 0 Å². The van der Waals surface area contributed by atoms with Crippen molar-refractivity contribution in [3.63, 3.8) is 0 Å². The number of halogens is 2. The van der Waals surface area contributed by atoms with E-state index in [9.17, 15) is 18.4 Å². The van der Waals surface area contributed by atoms with Crippen LogP contribution in [-0.4, -0.2) is 51.1 Å². The van der Waals surface area contributed by atoms with Gasteiger partial charge in [0.1, 0.15) is 5.75 Å². The number of hydrogen-bond donors (Lipinski definition) is 0. The Hall–Kier alpha value is -3.36. The van der Waals surface area contributed by atoms with Crippen LogP contribution >= 0.6 is 0 Å². The predicted octanol–water partition coefficient (Wildman–Crippen LogP) is 3.32. The van der Waals surface area contributed by atoms with E-state index < -0.39 is 12.5 Å². The Kier molecular flexibility index (Phi) is 6.94. The van der Waals surface area contributed by atoms with E-state index >= 15 is 0 Å². The second-order valence-corrected chi connectivity index (χ2v) is 7.16. The molecule has 0 aliphatic carbocycles. The molecule has 0 N–H and O–H groups in total. The van der Waals surface area contributed by atoms with Crippen LogP contribution in [0.25, 0.3) is 0 Å². The third-order valence-corrected chi connectivity index (χ3v) is 5.10. The van der Waals surface area contributed by atoms with Crippen LogP contribution in [0, 0.1) is 5.92 Å². The molecule has 0 bridgehead atoms. The highest BCUT2D eigenvalue weighted by Gasteiger charge is 2.36. The van der Waals surface area contributed by atoms with E-state index in [-0.39, 0.29) is 42.8 Å². The number of amides is 2. The van der Waals surface area contributed by atoms with Crippen molar-refractivity contribution in [2.24, 2.45) is 5.92 Å². The van der Waals surface area contributed by atoms with Crippen LogP contribution in [0.4, 0.5) is 14.5 Å². The molecule has 1 unspecified atom stereocenters. The average molecular weight is 434 g/mol. The number of methoxy groups -OCH3 is 2. The molecule has 1 heterocycles. The summed E-state index contributed by atoms with van der Waals surface area (Å²) in [7, 11) is 4.53. The summed E-state index contributed by atoms with van der Waals surface area (Å²) in [5.41, 5.74) is 1.30. The highest BCUT2D eigenvalue weighted by molar-refractivity contribution is 6.00. The SMILES string of the molecule is COc1ccc(N2CC(C(=O)N(C)Cc3ccc(OC)c(OC(F)F)c3)CC2=O)cc1. The summed E-state index contributed by atoms with van der Waals surface area (Å²) >= 11 is 0. The first kappa shape index (κ1) is 22.3. The monoisotopic (exact) mass is 434 g/mol. The van der Waals surface area contributed by atoms with Gasteiger partial charge in [0.2, 0.25) is 11.8 Å². The summed E-state index contributed by atoms with van der Waals surface area (Å²) in [6.45, 7) is -2.54. The molecule has 1 aliphatic rings. The van der Waals surface area contributed by atoms with Gasteiger partial charge in [-0.05, 0) is 42.0 Å². The maximum absolute atomic E-state index is 12.9. The third kappa shape index (κ3) is 5.22. The number of anilines is 1. The quantitative estimate of drug-likeness (QED) is 0.638. The maximum atomic E-state index is 12.9. The molecule has 31 heavy (non-hydrogen) atoms. The highest BCUT2D eigenvalue weighted by atomic mass is 19.3. The zero-order chi connectivity index (χ0) is 22.5. The summed E-state index contributed by atoms with van der Waals surface area (Å²) in [5.74, 6) is -0.0651.